The van der Waals surface area contributed by atoms with Crippen LogP contribution in [0.5, 0.6) is 0 Å². The van der Waals surface area contributed by atoms with Gasteiger partial charge in [0.25, 0.3) is 0 Å². The van der Waals surface area contributed by atoms with Crippen LogP contribution >= 0.6 is 23.1 Å². The van der Waals surface area contributed by atoms with Gasteiger partial charge in [0.1, 0.15) is 0 Å². The van der Waals surface area contributed by atoms with Crippen LogP contribution in [0.2, 0.25) is 0 Å². The molecule has 2 aromatic rings. The second kappa shape index (κ2) is 10.5. The summed E-state index contributed by atoms with van der Waals surface area (Å²) in [5.74, 6) is 0.277. The number of sulfonamides is 1. The smallest absolute Gasteiger partial charge is 0.243 e. The zero-order valence-corrected chi connectivity index (χ0v) is 20.7. The number of anilines is 1. The zero-order valence-electron chi connectivity index (χ0n) is 18.2. The van der Waals surface area contributed by atoms with Crippen LogP contribution in [0.3, 0.4) is 0 Å². The van der Waals surface area contributed by atoms with Crippen molar-refractivity contribution in [3.63, 3.8) is 0 Å². The molecule has 1 saturated heterocycles. The Labute approximate surface area is 197 Å². The van der Waals surface area contributed by atoms with Crippen molar-refractivity contribution in [2.75, 3.05) is 43.8 Å². The second-order valence-electron chi connectivity index (χ2n) is 8.01. The van der Waals surface area contributed by atoms with Crippen LogP contribution in [0.25, 0.3) is 0 Å². The molecule has 1 fully saturated rings. The fraction of sp³-hybridized carbons (Fsp3) is 0.571. The van der Waals surface area contributed by atoms with Gasteiger partial charge in [0.2, 0.25) is 21.1 Å². The van der Waals surface area contributed by atoms with Crippen LogP contribution in [-0.4, -0.2) is 72.2 Å². The Morgan fingerprint density at radius 2 is 1.88 bits per heavy atom. The number of nitrogens with one attached hydrogen (secondary N) is 1. The van der Waals surface area contributed by atoms with Crippen molar-refractivity contribution in [3.05, 3.63) is 29.3 Å². The van der Waals surface area contributed by atoms with E-state index in [2.05, 4.69) is 22.4 Å². The summed E-state index contributed by atoms with van der Waals surface area (Å²) < 4.78 is 28.5. The minimum absolute atomic E-state index is 0.000837. The summed E-state index contributed by atoms with van der Waals surface area (Å²) >= 11 is 2.82. The molecule has 1 aromatic carbocycles. The van der Waals surface area contributed by atoms with E-state index >= 15 is 0 Å². The van der Waals surface area contributed by atoms with E-state index in [9.17, 15) is 13.2 Å². The Morgan fingerprint density at radius 1 is 1.12 bits per heavy atom. The van der Waals surface area contributed by atoms with Crippen molar-refractivity contribution >= 4 is 44.2 Å². The number of benzene rings is 1. The first kappa shape index (κ1) is 23.5. The Balaban J connectivity index is 1.29. The lowest BCUT2D eigenvalue weighted by Gasteiger charge is -2.34. The Kier molecular flexibility index (Phi) is 7.70. The highest BCUT2D eigenvalue weighted by atomic mass is 32.2. The molecule has 11 heteroatoms. The quantitative estimate of drug-likeness (QED) is 0.563. The number of nitrogens with zero attached hydrogens (tertiary/aromatic N) is 4. The third kappa shape index (κ3) is 5.44. The average molecular weight is 496 g/mol. The molecule has 174 valence electrons. The molecule has 8 nitrogen and oxygen atoms in total. The maximum atomic E-state index is 13.1. The number of rotatable bonds is 8. The zero-order chi connectivity index (χ0) is 22.6. The number of piperazine rings is 1. The van der Waals surface area contributed by atoms with E-state index in [1.807, 2.05) is 12.1 Å². The summed E-state index contributed by atoms with van der Waals surface area (Å²) in [5, 5.41) is 12.1. The van der Waals surface area contributed by atoms with Gasteiger partial charge in [0, 0.05) is 32.7 Å². The van der Waals surface area contributed by atoms with Crippen molar-refractivity contribution in [1.82, 2.24) is 19.4 Å². The van der Waals surface area contributed by atoms with Crippen molar-refractivity contribution in [3.8, 4) is 0 Å². The molecule has 1 aliphatic carbocycles. The minimum Gasteiger partial charge on any atom is -0.360 e. The molecule has 0 atom stereocenters. The van der Waals surface area contributed by atoms with Gasteiger partial charge in [-0.3, -0.25) is 4.79 Å². The Morgan fingerprint density at radius 3 is 2.62 bits per heavy atom. The largest absolute Gasteiger partial charge is 0.360 e. The number of amides is 1. The summed E-state index contributed by atoms with van der Waals surface area (Å²) in [6, 6.07) is 5.55. The molecular formula is C21H29N5O3S3. The third-order valence-electron chi connectivity index (χ3n) is 5.80. The standard InChI is InChI=1S/C21H29N5O3S3/c1-2-9-22-20-23-24-21(31-20)30-15-19(27)25-10-12-26(13-11-25)32(28,29)18-8-7-16-5-3-4-6-17(16)14-18/h7-8,14H,2-6,9-13,15H2,1H3,(H,22,23). The number of fused-ring (bicyclic) bond motifs is 1. The molecule has 0 unspecified atom stereocenters. The molecule has 1 aromatic heterocycles. The maximum Gasteiger partial charge on any atom is 0.243 e. The highest BCUT2D eigenvalue weighted by Crippen LogP contribution is 2.27. The first-order valence-electron chi connectivity index (χ1n) is 11.1. The van der Waals surface area contributed by atoms with E-state index < -0.39 is 10.0 Å². The monoisotopic (exact) mass is 495 g/mol. The molecular weight excluding hydrogens is 466 g/mol. The minimum atomic E-state index is -3.54. The van der Waals surface area contributed by atoms with Crippen LogP contribution in [0.15, 0.2) is 27.4 Å². The molecule has 0 radical (unpaired) electrons. The highest BCUT2D eigenvalue weighted by Gasteiger charge is 2.30. The van der Waals surface area contributed by atoms with Gasteiger partial charge in [-0.15, -0.1) is 10.2 Å². The molecule has 2 heterocycles. The van der Waals surface area contributed by atoms with E-state index in [0.717, 1.165) is 47.3 Å². The van der Waals surface area contributed by atoms with E-state index in [1.165, 1.54) is 39.4 Å². The lowest BCUT2D eigenvalue weighted by Crippen LogP contribution is -2.51. The number of hydrogen-bond donors (Lipinski definition) is 1. The van der Waals surface area contributed by atoms with E-state index in [1.54, 1.807) is 11.0 Å². The average Bonchev–Trinajstić information content (AvgIpc) is 3.28. The molecule has 1 aliphatic heterocycles. The predicted molar refractivity (Wildman–Crippen MR) is 128 cm³/mol. The summed E-state index contributed by atoms with van der Waals surface area (Å²) in [6.07, 6.45) is 5.27. The van der Waals surface area contributed by atoms with Gasteiger partial charge in [-0.1, -0.05) is 36.1 Å². The second-order valence-corrected chi connectivity index (χ2v) is 12.1. The molecule has 4 rings (SSSR count). The van der Waals surface area contributed by atoms with Gasteiger partial charge in [-0.25, -0.2) is 8.42 Å². The fourth-order valence-corrected chi connectivity index (χ4v) is 7.14. The SMILES string of the molecule is CCCNc1nnc(SCC(=O)N2CCN(S(=O)(=O)c3ccc4c(c3)CCCC4)CC2)s1. The third-order valence-corrected chi connectivity index (χ3v) is 9.69. The normalized spacial score (nSPS) is 17.2. The van der Waals surface area contributed by atoms with Gasteiger partial charge in [-0.05, 0) is 55.4 Å². The Bertz CT molecular complexity index is 1050. The summed E-state index contributed by atoms with van der Waals surface area (Å²) in [4.78, 5) is 14.7. The Hall–Kier alpha value is -1.69. The van der Waals surface area contributed by atoms with Gasteiger partial charge >= 0.3 is 0 Å². The number of aryl methyl sites for hydroxylation is 2. The fourth-order valence-electron chi connectivity index (χ4n) is 3.98. The van der Waals surface area contributed by atoms with Crippen LogP contribution in [0.1, 0.15) is 37.3 Å². The summed E-state index contributed by atoms with van der Waals surface area (Å²) in [5.41, 5.74) is 2.43. The number of thioether (sulfide) groups is 1. The number of carbonyl (C=O) groups is 1. The van der Waals surface area contributed by atoms with Crippen LogP contribution in [-0.2, 0) is 27.7 Å². The van der Waals surface area contributed by atoms with Crippen molar-refractivity contribution in [2.24, 2.45) is 0 Å². The molecule has 0 saturated carbocycles. The number of aromatic nitrogens is 2. The van der Waals surface area contributed by atoms with E-state index in [4.69, 9.17) is 0 Å². The first-order chi connectivity index (χ1) is 15.5. The van der Waals surface area contributed by atoms with Crippen LogP contribution in [0, 0.1) is 0 Å². The van der Waals surface area contributed by atoms with Gasteiger partial charge in [-0.2, -0.15) is 4.31 Å². The molecule has 1 N–H and O–H groups in total. The molecule has 32 heavy (non-hydrogen) atoms. The van der Waals surface area contributed by atoms with E-state index in [-0.39, 0.29) is 11.7 Å². The van der Waals surface area contributed by atoms with Gasteiger partial charge in [0.15, 0.2) is 4.34 Å². The lowest BCUT2D eigenvalue weighted by atomic mass is 9.92. The predicted octanol–water partition coefficient (Wildman–Crippen LogP) is 2.86. The van der Waals surface area contributed by atoms with Crippen molar-refractivity contribution in [2.45, 2.75) is 48.3 Å². The van der Waals surface area contributed by atoms with Gasteiger partial charge in [0.05, 0.1) is 10.6 Å². The first-order valence-corrected chi connectivity index (χ1v) is 14.3. The topological polar surface area (TPSA) is 95.5 Å². The molecule has 0 spiro atoms. The highest BCUT2D eigenvalue weighted by molar-refractivity contribution is 8.01. The molecule has 1 amide bonds. The van der Waals surface area contributed by atoms with Gasteiger partial charge < -0.3 is 10.2 Å². The number of hydrogen-bond acceptors (Lipinski definition) is 8. The number of carbonyl (C=O) groups excluding carboxylic acids is 1. The maximum absolute atomic E-state index is 13.1. The van der Waals surface area contributed by atoms with Crippen molar-refractivity contribution in [1.29, 1.82) is 0 Å². The molecule has 0 bridgehead atoms. The lowest BCUT2D eigenvalue weighted by molar-refractivity contribution is -0.129. The van der Waals surface area contributed by atoms with Crippen molar-refractivity contribution < 1.29 is 13.2 Å². The summed E-state index contributed by atoms with van der Waals surface area (Å²) in [7, 11) is -3.54. The van der Waals surface area contributed by atoms with Crippen LogP contribution < -0.4 is 5.32 Å². The molecule has 2 aliphatic rings. The summed E-state index contributed by atoms with van der Waals surface area (Å²) in [6.45, 7) is 4.38. The van der Waals surface area contributed by atoms with Crippen LogP contribution in [0.4, 0.5) is 5.13 Å². The van der Waals surface area contributed by atoms with E-state index in [0.29, 0.717) is 31.1 Å².